The zero-order chi connectivity index (χ0) is 36.0. The van der Waals surface area contributed by atoms with Gasteiger partial charge in [0.25, 0.3) is 11.5 Å². The number of aromatic nitrogens is 2. The average molecular weight is 697 g/mol. The van der Waals surface area contributed by atoms with Crippen LogP contribution < -0.4 is 15.8 Å². The zero-order valence-corrected chi connectivity index (χ0v) is 25.8. The van der Waals surface area contributed by atoms with Crippen LogP contribution in [0.3, 0.4) is 0 Å². The Bertz CT molecular complexity index is 1980. The first kappa shape index (κ1) is 35.3. The molecule has 2 atom stereocenters. The van der Waals surface area contributed by atoms with Gasteiger partial charge in [0.2, 0.25) is 0 Å². The third kappa shape index (κ3) is 6.94. The number of nitrogens with zero attached hydrogens (tertiary/aromatic N) is 3. The van der Waals surface area contributed by atoms with Crippen LogP contribution >= 0.6 is 0 Å². The molecular formula is C33H28F8N4O4. The van der Waals surface area contributed by atoms with Gasteiger partial charge in [-0.05, 0) is 56.0 Å². The Kier molecular flexibility index (Phi) is 9.45. The van der Waals surface area contributed by atoms with E-state index in [1.807, 2.05) is 5.32 Å². The smallest absolute Gasteiger partial charge is 0.417 e. The molecule has 0 saturated carbocycles. The molecule has 2 aromatic carbocycles. The summed E-state index contributed by atoms with van der Waals surface area (Å²) in [5.41, 5.74) is -4.55. The Morgan fingerprint density at radius 1 is 1.04 bits per heavy atom. The molecule has 1 unspecified atom stereocenters. The van der Waals surface area contributed by atoms with Crippen LogP contribution in [0, 0.1) is 18.6 Å². The van der Waals surface area contributed by atoms with Crippen molar-refractivity contribution in [1.82, 2.24) is 14.9 Å². The van der Waals surface area contributed by atoms with Crippen molar-refractivity contribution in [3.8, 4) is 11.1 Å². The van der Waals surface area contributed by atoms with Crippen molar-refractivity contribution in [3.05, 3.63) is 93.0 Å². The number of aryl methyl sites for hydroxylation is 1. The number of pyridine rings is 2. The number of carbonyl (C=O) groups excluding carboxylic acids is 1. The van der Waals surface area contributed by atoms with E-state index in [9.17, 15) is 45.8 Å². The number of fused-ring (bicyclic) bond motifs is 1. The summed E-state index contributed by atoms with van der Waals surface area (Å²) >= 11 is 0. The number of hydrogen-bond donors (Lipinski definition) is 2. The highest BCUT2D eigenvalue weighted by molar-refractivity contribution is 5.99. The Morgan fingerprint density at radius 3 is 2.33 bits per heavy atom. The third-order valence-corrected chi connectivity index (χ3v) is 8.60. The summed E-state index contributed by atoms with van der Waals surface area (Å²) in [7, 11) is 1.30. The molecular weight excluding hydrogens is 668 g/mol. The summed E-state index contributed by atoms with van der Waals surface area (Å²) in [6.45, 7) is 1.21. The number of benzene rings is 2. The van der Waals surface area contributed by atoms with Crippen molar-refractivity contribution < 1.29 is 49.8 Å². The summed E-state index contributed by atoms with van der Waals surface area (Å²) in [6, 6.07) is 3.42. The molecule has 1 amide bonds. The van der Waals surface area contributed by atoms with Gasteiger partial charge in [-0.15, -0.1) is 0 Å². The van der Waals surface area contributed by atoms with Gasteiger partial charge in [-0.2, -0.15) is 26.3 Å². The highest BCUT2D eigenvalue weighted by Gasteiger charge is 2.45. The van der Waals surface area contributed by atoms with Crippen LogP contribution in [0.4, 0.5) is 40.8 Å². The SMILES string of the molecule is Cc1cc(C(F)(F)F)c(-c2ccc(CC(NC(=O)c3c(F)cc(N4CCCC[C@@H]4C(F)(F)F)cc3F)C(=O)O)c3cccnc23)c(=O)n1C. The van der Waals surface area contributed by atoms with Crippen molar-refractivity contribution in [2.24, 2.45) is 7.05 Å². The van der Waals surface area contributed by atoms with Crippen LogP contribution in [0.2, 0.25) is 0 Å². The molecule has 0 bridgehead atoms. The van der Waals surface area contributed by atoms with E-state index in [1.54, 1.807) is 0 Å². The van der Waals surface area contributed by atoms with Gasteiger partial charge >= 0.3 is 18.3 Å². The molecule has 0 spiro atoms. The highest BCUT2D eigenvalue weighted by atomic mass is 19.4. The molecule has 0 aliphatic carbocycles. The Balaban J connectivity index is 1.48. The lowest BCUT2D eigenvalue weighted by Crippen LogP contribution is -2.49. The quantitative estimate of drug-likeness (QED) is 0.213. The number of nitrogens with one attached hydrogen (secondary N) is 1. The summed E-state index contributed by atoms with van der Waals surface area (Å²) in [6.07, 6.45) is -8.55. The molecule has 1 fully saturated rings. The molecule has 2 N–H and O–H groups in total. The van der Waals surface area contributed by atoms with Crippen molar-refractivity contribution in [2.45, 2.75) is 57.0 Å². The molecule has 16 heteroatoms. The Labute approximate surface area is 273 Å². The number of carbonyl (C=O) groups is 2. The van der Waals surface area contributed by atoms with E-state index in [0.29, 0.717) is 18.6 Å². The fourth-order valence-electron chi connectivity index (χ4n) is 6.09. The number of hydrogen-bond acceptors (Lipinski definition) is 5. The number of piperidine rings is 1. The van der Waals surface area contributed by atoms with Crippen molar-refractivity contribution in [2.75, 3.05) is 11.4 Å². The van der Waals surface area contributed by atoms with Crippen molar-refractivity contribution >= 4 is 28.5 Å². The van der Waals surface area contributed by atoms with Crippen LogP contribution in [0.5, 0.6) is 0 Å². The summed E-state index contributed by atoms with van der Waals surface area (Å²) < 4.78 is 114. The topological polar surface area (TPSA) is 105 Å². The lowest BCUT2D eigenvalue weighted by molar-refractivity contribution is -0.152. The van der Waals surface area contributed by atoms with Gasteiger partial charge in [-0.1, -0.05) is 18.2 Å². The molecule has 2 aromatic heterocycles. The number of anilines is 1. The van der Waals surface area contributed by atoms with E-state index in [-0.39, 0.29) is 47.1 Å². The minimum absolute atomic E-state index is 0.0505. The van der Waals surface area contributed by atoms with Crippen LogP contribution in [0.25, 0.3) is 22.0 Å². The van der Waals surface area contributed by atoms with Crippen LogP contribution in [0.15, 0.2) is 53.5 Å². The maximum Gasteiger partial charge on any atom is 0.417 e. The molecule has 8 nitrogen and oxygen atoms in total. The van der Waals surface area contributed by atoms with Crippen molar-refractivity contribution in [1.29, 1.82) is 0 Å². The summed E-state index contributed by atoms with van der Waals surface area (Å²) in [5.74, 6) is -6.17. The lowest BCUT2D eigenvalue weighted by Gasteiger charge is -2.38. The number of aliphatic carboxylic acids is 1. The molecule has 49 heavy (non-hydrogen) atoms. The van der Waals surface area contributed by atoms with E-state index < -0.39 is 82.3 Å². The summed E-state index contributed by atoms with van der Waals surface area (Å²) in [4.78, 5) is 43.4. The second kappa shape index (κ2) is 13.1. The van der Waals surface area contributed by atoms with Gasteiger partial charge in [0.1, 0.15) is 29.3 Å². The predicted molar refractivity (Wildman–Crippen MR) is 162 cm³/mol. The van der Waals surface area contributed by atoms with E-state index in [4.69, 9.17) is 0 Å². The van der Waals surface area contributed by atoms with Crippen LogP contribution in [-0.2, 0) is 24.4 Å². The van der Waals surface area contributed by atoms with Gasteiger partial charge in [0.05, 0.1) is 16.6 Å². The van der Waals surface area contributed by atoms with Gasteiger partial charge < -0.3 is 19.9 Å². The van der Waals surface area contributed by atoms with E-state index >= 15 is 8.78 Å². The number of halogens is 8. The van der Waals surface area contributed by atoms with E-state index in [0.717, 1.165) is 15.5 Å². The van der Waals surface area contributed by atoms with Gasteiger partial charge in [-0.25, -0.2) is 13.6 Å². The second-order valence-corrected chi connectivity index (χ2v) is 11.7. The van der Waals surface area contributed by atoms with Gasteiger partial charge in [-0.3, -0.25) is 14.6 Å². The number of alkyl halides is 6. The number of rotatable bonds is 7. The van der Waals surface area contributed by atoms with Gasteiger partial charge in [0, 0.05) is 48.5 Å². The van der Waals surface area contributed by atoms with Crippen LogP contribution in [0.1, 0.15) is 46.4 Å². The number of amides is 1. The maximum atomic E-state index is 15.2. The molecule has 3 heterocycles. The Hall–Kier alpha value is -5.02. The molecule has 1 aliphatic rings. The molecule has 0 radical (unpaired) electrons. The molecule has 260 valence electrons. The zero-order valence-electron chi connectivity index (χ0n) is 25.8. The third-order valence-electron chi connectivity index (χ3n) is 8.60. The molecule has 4 aromatic rings. The minimum atomic E-state index is -4.91. The minimum Gasteiger partial charge on any atom is -0.480 e. The number of carboxylic acids is 1. The van der Waals surface area contributed by atoms with E-state index in [2.05, 4.69) is 4.98 Å². The number of carboxylic acid groups (broad SMARTS) is 1. The first-order chi connectivity index (χ1) is 22.9. The largest absolute Gasteiger partial charge is 0.480 e. The lowest BCUT2D eigenvalue weighted by atomic mass is 9.93. The first-order valence-electron chi connectivity index (χ1n) is 14.9. The molecule has 1 saturated heterocycles. The predicted octanol–water partition coefficient (Wildman–Crippen LogP) is 6.55. The second-order valence-electron chi connectivity index (χ2n) is 11.7. The fourth-order valence-corrected chi connectivity index (χ4v) is 6.09. The normalized spacial score (nSPS) is 16.1. The van der Waals surface area contributed by atoms with Crippen LogP contribution in [-0.4, -0.2) is 51.3 Å². The van der Waals surface area contributed by atoms with E-state index in [1.165, 1.54) is 44.4 Å². The van der Waals surface area contributed by atoms with Crippen molar-refractivity contribution in [3.63, 3.8) is 0 Å². The first-order valence-corrected chi connectivity index (χ1v) is 14.9. The molecule has 1 aliphatic heterocycles. The standard InChI is InChI=1S/C33H28F8N4O4/c1-16-12-21(32(36,37)38)26(30(47)44(16)2)20-9-8-17(19-6-5-10-42-28(19)20)13-24(31(48)49)43-29(46)27-22(34)14-18(15-23(27)35)45-11-4-3-7-25(45)33(39,40)41/h5-6,8-10,12,14-15,24-25H,3-4,7,11,13H2,1-2H3,(H,43,46)(H,48,49)/t24?,25-/m1/s1. The maximum absolute atomic E-state index is 15.2. The molecule has 5 rings (SSSR count). The highest BCUT2D eigenvalue weighted by Crippen LogP contribution is 2.39. The Morgan fingerprint density at radius 2 is 1.71 bits per heavy atom. The monoisotopic (exact) mass is 696 g/mol. The fraction of sp³-hybridized carbons (Fsp3) is 0.333. The average Bonchev–Trinajstić information content (AvgIpc) is 3.02. The van der Waals surface area contributed by atoms with Gasteiger partial charge in [0.15, 0.2) is 0 Å². The summed E-state index contributed by atoms with van der Waals surface area (Å²) in [5, 5.41) is 12.1.